The molecule has 0 aliphatic carbocycles. The van der Waals surface area contributed by atoms with Crippen LogP contribution in [-0.4, -0.2) is 21.0 Å². The molecule has 2 aromatic rings. The van der Waals surface area contributed by atoms with E-state index in [2.05, 4.69) is 36.4 Å². The van der Waals surface area contributed by atoms with Crippen LogP contribution in [0.25, 0.3) is 0 Å². The van der Waals surface area contributed by atoms with Crippen molar-refractivity contribution in [3.05, 3.63) is 46.5 Å². The molecule has 0 saturated heterocycles. The Labute approximate surface area is 115 Å². The largest absolute Gasteiger partial charge is 0.399 e. The van der Waals surface area contributed by atoms with Crippen molar-refractivity contribution < 1.29 is 0 Å². The molecular weight excluding hydrogens is 292 g/mol. The van der Waals surface area contributed by atoms with Crippen LogP contribution in [0.5, 0.6) is 0 Å². The number of benzene rings is 1. The highest BCUT2D eigenvalue weighted by Gasteiger charge is 2.17. The third kappa shape index (κ3) is 2.28. The van der Waals surface area contributed by atoms with Crippen LogP contribution < -0.4 is 5.73 Å². The zero-order valence-corrected chi connectivity index (χ0v) is 11.6. The van der Waals surface area contributed by atoms with E-state index in [4.69, 9.17) is 5.73 Å². The van der Waals surface area contributed by atoms with E-state index < -0.39 is 0 Å². The number of anilines is 1. The van der Waals surface area contributed by atoms with Gasteiger partial charge >= 0.3 is 0 Å². The minimum Gasteiger partial charge on any atom is -0.399 e. The number of fused-ring (bicyclic) bond motifs is 1. The molecule has 3 rings (SSSR count). The second-order valence-electron chi connectivity index (χ2n) is 4.60. The van der Waals surface area contributed by atoms with Crippen LogP contribution >= 0.6 is 15.9 Å². The molecule has 0 spiro atoms. The fourth-order valence-corrected chi connectivity index (χ4v) is 2.81. The highest BCUT2D eigenvalue weighted by molar-refractivity contribution is 9.10. The molecule has 4 nitrogen and oxygen atoms in total. The first kappa shape index (κ1) is 11.7. The summed E-state index contributed by atoms with van der Waals surface area (Å²) >= 11 is 3.57. The number of nitrogens with two attached hydrogens (primary N) is 1. The Bertz CT molecular complexity index is 564. The molecular formula is C13H15BrN4. The second kappa shape index (κ2) is 4.74. The molecule has 0 amide bonds. The van der Waals surface area contributed by atoms with Crippen molar-refractivity contribution in [2.45, 2.75) is 19.6 Å². The van der Waals surface area contributed by atoms with Crippen LogP contribution in [-0.2, 0) is 19.6 Å². The van der Waals surface area contributed by atoms with Crippen LogP contribution in [0, 0.1) is 0 Å². The van der Waals surface area contributed by atoms with Crippen molar-refractivity contribution in [2.24, 2.45) is 0 Å². The van der Waals surface area contributed by atoms with Crippen molar-refractivity contribution in [1.29, 1.82) is 0 Å². The first-order chi connectivity index (χ1) is 8.72. The summed E-state index contributed by atoms with van der Waals surface area (Å²) in [4.78, 5) is 6.78. The molecule has 2 N–H and O–H groups in total. The van der Waals surface area contributed by atoms with Crippen LogP contribution in [0.4, 0.5) is 5.69 Å². The van der Waals surface area contributed by atoms with Gasteiger partial charge in [-0.1, -0.05) is 22.0 Å². The lowest BCUT2D eigenvalue weighted by Crippen LogP contribution is -2.33. The third-order valence-corrected chi connectivity index (χ3v) is 4.03. The van der Waals surface area contributed by atoms with Crippen LogP contribution in [0.3, 0.4) is 0 Å². The zero-order valence-electron chi connectivity index (χ0n) is 10.0. The predicted molar refractivity (Wildman–Crippen MR) is 74.9 cm³/mol. The van der Waals surface area contributed by atoms with E-state index in [-0.39, 0.29) is 0 Å². The second-order valence-corrected chi connectivity index (χ2v) is 5.45. The number of hydrogen-bond acceptors (Lipinski definition) is 3. The average molecular weight is 307 g/mol. The molecule has 1 aromatic carbocycles. The zero-order chi connectivity index (χ0) is 12.5. The predicted octanol–water partition coefficient (Wildman–Crippen LogP) is 2.24. The van der Waals surface area contributed by atoms with E-state index >= 15 is 0 Å². The fraction of sp³-hybridized carbons (Fsp3) is 0.308. The van der Waals surface area contributed by atoms with E-state index in [1.807, 2.05) is 24.5 Å². The summed E-state index contributed by atoms with van der Waals surface area (Å²) in [6.07, 6.45) is 3.92. The number of halogens is 1. The number of imidazole rings is 1. The van der Waals surface area contributed by atoms with Gasteiger partial charge in [-0.2, -0.15) is 0 Å². The van der Waals surface area contributed by atoms with Gasteiger partial charge in [-0.3, -0.25) is 4.90 Å². The normalized spacial score (nSPS) is 15.6. The number of nitrogens with zero attached hydrogens (tertiary/aromatic N) is 3. The highest BCUT2D eigenvalue weighted by atomic mass is 79.9. The van der Waals surface area contributed by atoms with Gasteiger partial charge in [0.05, 0.1) is 6.54 Å². The summed E-state index contributed by atoms with van der Waals surface area (Å²) in [6, 6.07) is 5.99. The smallest absolute Gasteiger partial charge is 0.122 e. The molecule has 0 fully saturated rings. The van der Waals surface area contributed by atoms with Crippen LogP contribution in [0.15, 0.2) is 35.1 Å². The number of hydrogen-bond donors (Lipinski definition) is 1. The summed E-state index contributed by atoms with van der Waals surface area (Å²) in [6.45, 7) is 3.90. The van der Waals surface area contributed by atoms with Gasteiger partial charge in [0.1, 0.15) is 5.82 Å². The number of rotatable bonds is 2. The van der Waals surface area contributed by atoms with Crippen molar-refractivity contribution in [3.63, 3.8) is 0 Å². The maximum atomic E-state index is 5.75. The molecule has 2 heterocycles. The molecule has 94 valence electrons. The Hall–Kier alpha value is -1.33. The summed E-state index contributed by atoms with van der Waals surface area (Å²) in [5.41, 5.74) is 7.81. The molecule has 0 atom stereocenters. The van der Waals surface area contributed by atoms with Gasteiger partial charge in [0, 0.05) is 42.2 Å². The van der Waals surface area contributed by atoms with Gasteiger partial charge < -0.3 is 10.3 Å². The van der Waals surface area contributed by atoms with Gasteiger partial charge in [0.15, 0.2) is 0 Å². The molecule has 0 bridgehead atoms. The Balaban J connectivity index is 1.74. The highest BCUT2D eigenvalue weighted by Crippen LogP contribution is 2.22. The molecule has 0 saturated carbocycles. The Morgan fingerprint density at radius 3 is 3.06 bits per heavy atom. The van der Waals surface area contributed by atoms with E-state index in [0.717, 1.165) is 42.2 Å². The lowest BCUT2D eigenvalue weighted by atomic mass is 10.2. The van der Waals surface area contributed by atoms with E-state index in [0.29, 0.717) is 0 Å². The maximum absolute atomic E-state index is 5.75. The summed E-state index contributed by atoms with van der Waals surface area (Å²) in [7, 11) is 0. The van der Waals surface area contributed by atoms with Gasteiger partial charge in [-0.25, -0.2) is 4.98 Å². The fourth-order valence-electron chi connectivity index (χ4n) is 2.29. The first-order valence-corrected chi connectivity index (χ1v) is 6.78. The topological polar surface area (TPSA) is 47.1 Å². The maximum Gasteiger partial charge on any atom is 0.122 e. The van der Waals surface area contributed by atoms with E-state index in [1.54, 1.807) is 0 Å². The Kier molecular flexibility index (Phi) is 3.09. The quantitative estimate of drug-likeness (QED) is 0.866. The Morgan fingerprint density at radius 2 is 2.22 bits per heavy atom. The molecule has 5 heteroatoms. The molecule has 1 aromatic heterocycles. The number of aromatic nitrogens is 2. The monoisotopic (exact) mass is 306 g/mol. The molecule has 0 unspecified atom stereocenters. The molecule has 18 heavy (non-hydrogen) atoms. The van der Waals surface area contributed by atoms with Gasteiger partial charge in [-0.05, 0) is 17.7 Å². The lowest BCUT2D eigenvalue weighted by Gasteiger charge is -2.27. The SMILES string of the molecule is Nc1ccc(CN2CCn3ccnc3C2)c(Br)c1. The minimum absolute atomic E-state index is 0.791. The molecule has 1 aliphatic heterocycles. The average Bonchev–Trinajstić information content (AvgIpc) is 2.80. The Morgan fingerprint density at radius 1 is 1.33 bits per heavy atom. The van der Waals surface area contributed by atoms with Crippen LogP contribution in [0.2, 0.25) is 0 Å². The van der Waals surface area contributed by atoms with Gasteiger partial charge in [-0.15, -0.1) is 0 Å². The molecule has 0 radical (unpaired) electrons. The standard InChI is InChI=1S/C13H15BrN4/c14-12-7-11(15)2-1-10(12)8-17-5-6-18-4-3-16-13(18)9-17/h1-4,7H,5-6,8-9,15H2. The van der Waals surface area contributed by atoms with Crippen molar-refractivity contribution in [1.82, 2.24) is 14.5 Å². The van der Waals surface area contributed by atoms with Gasteiger partial charge in [0.2, 0.25) is 0 Å². The first-order valence-electron chi connectivity index (χ1n) is 5.98. The summed E-state index contributed by atoms with van der Waals surface area (Å²) in [5, 5.41) is 0. The summed E-state index contributed by atoms with van der Waals surface area (Å²) < 4.78 is 3.30. The summed E-state index contributed by atoms with van der Waals surface area (Å²) in [5.74, 6) is 1.15. The number of nitrogen functional groups attached to an aromatic ring is 1. The third-order valence-electron chi connectivity index (χ3n) is 3.29. The van der Waals surface area contributed by atoms with Crippen molar-refractivity contribution in [2.75, 3.05) is 12.3 Å². The van der Waals surface area contributed by atoms with E-state index in [1.165, 1.54) is 5.56 Å². The van der Waals surface area contributed by atoms with E-state index in [9.17, 15) is 0 Å². The van der Waals surface area contributed by atoms with Gasteiger partial charge in [0.25, 0.3) is 0 Å². The van der Waals surface area contributed by atoms with Crippen molar-refractivity contribution >= 4 is 21.6 Å². The van der Waals surface area contributed by atoms with Crippen molar-refractivity contribution in [3.8, 4) is 0 Å². The minimum atomic E-state index is 0.791. The lowest BCUT2D eigenvalue weighted by molar-refractivity contribution is 0.208. The van der Waals surface area contributed by atoms with Crippen LogP contribution in [0.1, 0.15) is 11.4 Å². The molecule has 1 aliphatic rings.